The van der Waals surface area contributed by atoms with Crippen molar-refractivity contribution < 1.29 is 43.1 Å². The lowest BCUT2D eigenvalue weighted by Gasteiger charge is -2.31. The van der Waals surface area contributed by atoms with Gasteiger partial charge in [0.1, 0.15) is 17.5 Å². The van der Waals surface area contributed by atoms with E-state index < -0.39 is 35.9 Å². The SMILES string of the molecule is CC(C)[C@H](NC(=O)[C@H](C)NCCNC(=O)CCCN1C(=O)CCC1=O)C(=O)Nc1ccc(C(=O)Nc2ccc3[nH]c(C(=O)N4C[C@@H](CCl)c5c4cc(OC(=O)N4CCN(C)CC4)c4ccccc54)cc3c2)cc1. The van der Waals surface area contributed by atoms with Crippen LogP contribution in [0.1, 0.15) is 78.8 Å². The fourth-order valence-electron chi connectivity index (χ4n) is 9.32. The van der Waals surface area contributed by atoms with E-state index in [-0.39, 0.29) is 80.2 Å². The molecule has 0 saturated carbocycles. The standard InChI is InChI=1S/C53H61ClN10O9/c1-31(2)48(60-49(68)32(3)55-19-20-56-44(65)10-7-21-63-45(66)17-18-46(63)67)51(70)57-36-13-11-33(12-14-36)50(69)58-37-15-16-40-34(26-37)27-41(59-40)52(71)64-30-35(29-54)47-39-9-6-5-8-38(39)43(28-42(47)64)73-53(72)62-24-22-61(4)23-25-62/h5-6,8-9,11-16,26-28,31-32,35,48,55,59H,7,10,17-25,29-30H2,1-4H3,(H,56,65)(H,57,70)(H,58,69)(H,60,68)/t32-,35+,48-/m0/s1. The van der Waals surface area contributed by atoms with E-state index in [9.17, 15) is 38.4 Å². The van der Waals surface area contributed by atoms with Crippen molar-refractivity contribution in [3.8, 4) is 5.75 Å². The van der Waals surface area contributed by atoms with E-state index in [1.807, 2.05) is 45.2 Å². The van der Waals surface area contributed by atoms with E-state index in [1.54, 1.807) is 71.3 Å². The Kier molecular flexibility index (Phi) is 16.4. The van der Waals surface area contributed by atoms with Crippen LogP contribution in [0, 0.1) is 5.92 Å². The smallest absolute Gasteiger partial charge is 0.409 e. The maximum absolute atomic E-state index is 14.4. The van der Waals surface area contributed by atoms with Gasteiger partial charge in [-0.05, 0) is 85.8 Å². The molecule has 0 aliphatic carbocycles. The number of halogens is 1. The molecule has 3 aliphatic heterocycles. The predicted octanol–water partition coefficient (Wildman–Crippen LogP) is 5.41. The van der Waals surface area contributed by atoms with Gasteiger partial charge in [-0.25, -0.2) is 4.79 Å². The molecular formula is C53H61ClN10O9. The third-order valence-corrected chi connectivity index (χ3v) is 13.9. The summed E-state index contributed by atoms with van der Waals surface area (Å²) in [5.41, 5.74) is 3.78. The number of fused-ring (bicyclic) bond motifs is 4. The number of nitrogens with zero attached hydrogens (tertiary/aromatic N) is 4. The zero-order valence-electron chi connectivity index (χ0n) is 41.3. The number of likely N-dealkylation sites (N-methyl/N-ethyl adjacent to an activating group) is 1. The van der Waals surface area contributed by atoms with Crippen LogP contribution in [0.4, 0.5) is 21.9 Å². The predicted molar refractivity (Wildman–Crippen MR) is 278 cm³/mol. The molecule has 4 heterocycles. The molecule has 1 aromatic heterocycles. The second kappa shape index (κ2) is 23.0. The number of carbonyl (C=O) groups excluding carboxylic acids is 8. The highest BCUT2D eigenvalue weighted by Gasteiger charge is 2.37. The van der Waals surface area contributed by atoms with E-state index in [0.29, 0.717) is 71.0 Å². The van der Waals surface area contributed by atoms with Crippen LogP contribution in [0.5, 0.6) is 5.75 Å². The van der Waals surface area contributed by atoms with Gasteiger partial charge in [0.2, 0.25) is 29.5 Å². The number of aromatic nitrogens is 1. The molecule has 8 amide bonds. The largest absolute Gasteiger partial charge is 0.415 e. The van der Waals surface area contributed by atoms with Gasteiger partial charge in [0.15, 0.2) is 0 Å². The lowest BCUT2D eigenvalue weighted by Crippen LogP contribution is -2.53. The van der Waals surface area contributed by atoms with Crippen molar-refractivity contribution in [3.63, 3.8) is 0 Å². The van der Waals surface area contributed by atoms with E-state index >= 15 is 0 Å². The van der Waals surface area contributed by atoms with Crippen LogP contribution in [-0.4, -0.2) is 144 Å². The van der Waals surface area contributed by atoms with Crippen molar-refractivity contribution >= 4 is 97.8 Å². The van der Waals surface area contributed by atoms with Crippen molar-refractivity contribution in [2.45, 2.75) is 64.5 Å². The summed E-state index contributed by atoms with van der Waals surface area (Å²) in [6.45, 7) is 8.94. The van der Waals surface area contributed by atoms with Crippen LogP contribution >= 0.6 is 11.6 Å². The van der Waals surface area contributed by atoms with E-state index in [0.717, 1.165) is 29.4 Å². The Morgan fingerprint density at radius 3 is 2.21 bits per heavy atom. The zero-order chi connectivity index (χ0) is 51.9. The molecule has 0 spiro atoms. The number of likely N-dealkylation sites (tertiary alicyclic amines) is 1. The van der Waals surface area contributed by atoms with Crippen LogP contribution in [0.25, 0.3) is 21.7 Å². The van der Waals surface area contributed by atoms with Crippen molar-refractivity contribution in [3.05, 3.63) is 95.7 Å². The summed E-state index contributed by atoms with van der Waals surface area (Å²) >= 11 is 6.55. The Balaban J connectivity index is 0.839. The highest BCUT2D eigenvalue weighted by atomic mass is 35.5. The summed E-state index contributed by atoms with van der Waals surface area (Å²) in [4.78, 5) is 113. The van der Waals surface area contributed by atoms with Crippen LogP contribution in [0.3, 0.4) is 0 Å². The fraction of sp³-hybridized carbons (Fsp3) is 0.396. The Hall–Kier alpha value is -7.35. The van der Waals surface area contributed by atoms with Crippen LogP contribution < -0.4 is 36.2 Å². The molecule has 20 heteroatoms. The zero-order valence-corrected chi connectivity index (χ0v) is 42.1. The number of H-pyrrole nitrogens is 1. The second-order valence-electron chi connectivity index (χ2n) is 19.1. The van der Waals surface area contributed by atoms with Crippen molar-refractivity contribution in [2.75, 3.05) is 80.8 Å². The lowest BCUT2D eigenvalue weighted by atomic mass is 9.95. The number of anilines is 3. The second-order valence-corrected chi connectivity index (χ2v) is 19.4. The molecular weight excluding hydrogens is 956 g/mol. The number of nitrogens with one attached hydrogen (secondary N) is 6. The number of rotatable bonds is 18. The number of alkyl halides is 1. The monoisotopic (exact) mass is 1020 g/mol. The van der Waals surface area contributed by atoms with Gasteiger partial charge in [-0.3, -0.25) is 38.5 Å². The molecule has 6 N–H and O–H groups in total. The minimum atomic E-state index is -0.876. The average Bonchev–Trinajstić information content (AvgIpc) is 4.08. The molecule has 4 aromatic carbocycles. The van der Waals surface area contributed by atoms with Gasteiger partial charge in [0.05, 0.1) is 11.7 Å². The Morgan fingerprint density at radius 1 is 0.808 bits per heavy atom. The Morgan fingerprint density at radius 2 is 1.51 bits per heavy atom. The van der Waals surface area contributed by atoms with Gasteiger partial charge in [0, 0.05) is 123 Å². The number of carbonyl (C=O) groups is 8. The van der Waals surface area contributed by atoms with Crippen LogP contribution in [0.15, 0.2) is 78.9 Å². The van der Waals surface area contributed by atoms with Gasteiger partial charge < -0.3 is 51.0 Å². The van der Waals surface area contributed by atoms with Crippen molar-refractivity contribution in [2.24, 2.45) is 5.92 Å². The highest BCUT2D eigenvalue weighted by Crippen LogP contribution is 2.46. The van der Waals surface area contributed by atoms with Crippen molar-refractivity contribution in [1.29, 1.82) is 0 Å². The number of hydrogen-bond acceptors (Lipinski definition) is 11. The van der Waals surface area contributed by atoms with E-state index in [2.05, 4.69) is 36.5 Å². The third kappa shape index (κ3) is 12.1. The number of piperazine rings is 1. The third-order valence-electron chi connectivity index (χ3n) is 13.5. The first-order valence-electron chi connectivity index (χ1n) is 24.7. The number of imide groups is 1. The molecule has 8 rings (SSSR count). The number of hydrogen-bond donors (Lipinski definition) is 6. The molecule has 3 atom stereocenters. The average molecular weight is 1020 g/mol. The number of benzene rings is 4. The molecule has 19 nitrogen and oxygen atoms in total. The first-order valence-corrected chi connectivity index (χ1v) is 25.2. The molecule has 5 aromatic rings. The number of ether oxygens (including phenoxy) is 1. The lowest BCUT2D eigenvalue weighted by molar-refractivity contribution is -0.139. The number of aromatic amines is 1. The fourth-order valence-corrected chi connectivity index (χ4v) is 9.57. The summed E-state index contributed by atoms with van der Waals surface area (Å²) in [7, 11) is 2.01. The molecule has 2 saturated heterocycles. The quantitative estimate of drug-likeness (QED) is 0.0369. The molecule has 2 fully saturated rings. The minimum Gasteiger partial charge on any atom is -0.409 e. The summed E-state index contributed by atoms with van der Waals surface area (Å²) < 4.78 is 6.05. The van der Waals surface area contributed by atoms with Crippen LogP contribution in [0.2, 0.25) is 0 Å². The maximum Gasteiger partial charge on any atom is 0.415 e. The molecule has 3 aliphatic rings. The molecule has 73 heavy (non-hydrogen) atoms. The van der Waals surface area contributed by atoms with Crippen LogP contribution in [-0.2, 0) is 24.0 Å². The summed E-state index contributed by atoms with van der Waals surface area (Å²) in [5, 5.41) is 16.6. The van der Waals surface area contributed by atoms with Gasteiger partial charge in [-0.1, -0.05) is 38.1 Å². The number of amides is 8. The molecule has 0 unspecified atom stereocenters. The molecule has 384 valence electrons. The first kappa shape index (κ1) is 52.0. The summed E-state index contributed by atoms with van der Waals surface area (Å²) in [6.07, 6.45) is 0.503. The topological polar surface area (TPSA) is 235 Å². The van der Waals surface area contributed by atoms with E-state index in [4.69, 9.17) is 16.3 Å². The van der Waals surface area contributed by atoms with Gasteiger partial charge in [-0.15, -0.1) is 11.6 Å². The minimum absolute atomic E-state index is 0.154. The molecule has 0 radical (unpaired) electrons. The Labute approximate surface area is 427 Å². The normalized spacial score (nSPS) is 16.7. The highest BCUT2D eigenvalue weighted by molar-refractivity contribution is 6.19. The van der Waals surface area contributed by atoms with Gasteiger partial charge in [0.25, 0.3) is 11.8 Å². The first-order chi connectivity index (χ1) is 35.1. The van der Waals surface area contributed by atoms with Crippen molar-refractivity contribution in [1.82, 2.24) is 35.6 Å². The maximum atomic E-state index is 14.4. The summed E-state index contributed by atoms with van der Waals surface area (Å²) in [6, 6.07) is 21.2. The van der Waals surface area contributed by atoms with E-state index in [1.165, 1.54) is 4.90 Å². The Bertz CT molecular complexity index is 2920. The van der Waals surface area contributed by atoms with Gasteiger partial charge >= 0.3 is 6.09 Å². The summed E-state index contributed by atoms with van der Waals surface area (Å²) in [5.74, 6) is -1.99. The molecule has 0 bridgehead atoms. The van der Waals surface area contributed by atoms with Gasteiger partial charge in [-0.2, -0.15) is 0 Å².